The molecule has 0 heterocycles. The summed E-state index contributed by atoms with van der Waals surface area (Å²) in [6.07, 6.45) is 0. The third kappa shape index (κ3) is 3.48. The molecule has 6 nitrogen and oxygen atoms in total. The SMILES string of the molecule is N#Cc1ccc(S(=O)(=O)NS(=O)(=O)c2ccccc2)c(S)c1. The molecule has 0 radical (unpaired) electrons. The van der Waals surface area contributed by atoms with Gasteiger partial charge in [0.15, 0.2) is 0 Å². The molecule has 2 rings (SSSR count). The smallest absolute Gasteiger partial charge is 0.206 e. The van der Waals surface area contributed by atoms with E-state index < -0.39 is 20.0 Å². The van der Waals surface area contributed by atoms with Crippen molar-refractivity contribution in [2.75, 3.05) is 0 Å². The molecule has 0 spiro atoms. The Morgan fingerprint density at radius 2 is 1.59 bits per heavy atom. The Bertz CT molecular complexity index is 947. The number of thiol groups is 1. The molecule has 0 aliphatic carbocycles. The van der Waals surface area contributed by atoms with Gasteiger partial charge in [0.05, 0.1) is 21.4 Å². The Hall–Kier alpha value is -1.86. The van der Waals surface area contributed by atoms with Crippen LogP contribution in [0.5, 0.6) is 0 Å². The Morgan fingerprint density at radius 3 is 2.14 bits per heavy atom. The average Bonchev–Trinajstić information content (AvgIpc) is 2.46. The molecule has 114 valence electrons. The van der Waals surface area contributed by atoms with Crippen molar-refractivity contribution >= 4 is 32.7 Å². The summed E-state index contributed by atoms with van der Waals surface area (Å²) < 4.78 is 50.3. The predicted octanol–water partition coefficient (Wildman–Crippen LogP) is 1.51. The van der Waals surface area contributed by atoms with Crippen LogP contribution in [0.2, 0.25) is 0 Å². The molecule has 1 N–H and O–H groups in total. The van der Waals surface area contributed by atoms with Crippen molar-refractivity contribution in [1.29, 1.82) is 5.26 Å². The molecule has 0 atom stereocenters. The second-order valence-corrected chi connectivity index (χ2v) is 8.27. The zero-order valence-corrected chi connectivity index (χ0v) is 13.5. The second-order valence-electron chi connectivity index (χ2n) is 4.20. The van der Waals surface area contributed by atoms with E-state index in [0.717, 1.165) is 6.07 Å². The molecule has 0 bridgehead atoms. The van der Waals surface area contributed by atoms with Gasteiger partial charge in [-0.25, -0.2) is 16.8 Å². The number of rotatable bonds is 4. The van der Waals surface area contributed by atoms with Crippen LogP contribution in [0.4, 0.5) is 0 Å². The molecule has 0 aromatic heterocycles. The van der Waals surface area contributed by atoms with Gasteiger partial charge in [0.25, 0.3) is 20.0 Å². The highest BCUT2D eigenvalue weighted by Gasteiger charge is 2.26. The second kappa shape index (κ2) is 6.10. The Kier molecular flexibility index (Phi) is 4.58. The lowest BCUT2D eigenvalue weighted by molar-refractivity contribution is 0.576. The topological polar surface area (TPSA) is 104 Å². The third-order valence-corrected chi connectivity index (χ3v) is 6.75. The highest BCUT2D eigenvalue weighted by Crippen LogP contribution is 2.22. The Balaban J connectivity index is 2.43. The molecular weight excluding hydrogens is 344 g/mol. The van der Waals surface area contributed by atoms with E-state index in [9.17, 15) is 16.8 Å². The summed E-state index contributed by atoms with van der Waals surface area (Å²) in [5.74, 6) is 0. The summed E-state index contributed by atoms with van der Waals surface area (Å²) >= 11 is 3.99. The third-order valence-electron chi connectivity index (χ3n) is 2.65. The van der Waals surface area contributed by atoms with Crippen LogP contribution < -0.4 is 4.13 Å². The Morgan fingerprint density at radius 1 is 0.955 bits per heavy atom. The van der Waals surface area contributed by atoms with Crippen molar-refractivity contribution in [2.24, 2.45) is 0 Å². The minimum atomic E-state index is -4.35. The molecule has 0 aliphatic heterocycles. The average molecular weight is 354 g/mol. The molecule has 2 aromatic rings. The van der Waals surface area contributed by atoms with Crippen molar-refractivity contribution in [3.63, 3.8) is 0 Å². The van der Waals surface area contributed by atoms with Crippen LogP contribution in [0.25, 0.3) is 0 Å². The van der Waals surface area contributed by atoms with Crippen LogP contribution in [0.1, 0.15) is 5.56 Å². The molecule has 0 fully saturated rings. The van der Waals surface area contributed by atoms with Crippen molar-refractivity contribution in [1.82, 2.24) is 4.13 Å². The van der Waals surface area contributed by atoms with E-state index in [0.29, 0.717) is 0 Å². The largest absolute Gasteiger partial charge is 0.254 e. The highest BCUT2D eigenvalue weighted by atomic mass is 32.3. The maximum absolute atomic E-state index is 12.2. The van der Waals surface area contributed by atoms with E-state index in [1.165, 1.54) is 36.4 Å². The maximum atomic E-state index is 12.2. The van der Waals surface area contributed by atoms with E-state index in [-0.39, 0.29) is 20.2 Å². The molecule has 0 saturated carbocycles. The van der Waals surface area contributed by atoms with E-state index in [2.05, 4.69) is 12.6 Å². The van der Waals surface area contributed by atoms with E-state index >= 15 is 0 Å². The standard InChI is InChI=1S/C13H10N2O4S3/c14-9-10-6-7-13(12(20)8-10)22(18,19)15-21(16,17)11-4-2-1-3-5-11/h1-8,15,20H. The number of nitriles is 1. The fourth-order valence-electron chi connectivity index (χ4n) is 1.65. The summed E-state index contributed by atoms with van der Waals surface area (Å²) in [5.41, 5.74) is 0.217. The molecule has 22 heavy (non-hydrogen) atoms. The van der Waals surface area contributed by atoms with Crippen molar-refractivity contribution in [3.8, 4) is 6.07 Å². The summed E-state index contributed by atoms with van der Waals surface area (Å²) in [7, 11) is -8.58. The first kappa shape index (κ1) is 16.5. The monoisotopic (exact) mass is 354 g/mol. The van der Waals surface area contributed by atoms with Gasteiger partial charge in [0.2, 0.25) is 0 Å². The fraction of sp³-hybridized carbons (Fsp3) is 0. The first-order valence-corrected chi connectivity index (χ1v) is 9.24. The van der Waals surface area contributed by atoms with Gasteiger partial charge in [0.1, 0.15) is 0 Å². The number of benzene rings is 2. The van der Waals surface area contributed by atoms with Crippen molar-refractivity contribution in [3.05, 3.63) is 54.1 Å². The lowest BCUT2D eigenvalue weighted by Crippen LogP contribution is -2.31. The van der Waals surface area contributed by atoms with Crippen LogP contribution in [0.15, 0.2) is 63.2 Å². The zero-order valence-electron chi connectivity index (χ0n) is 11.0. The van der Waals surface area contributed by atoms with Crippen LogP contribution in [-0.2, 0) is 20.0 Å². The van der Waals surface area contributed by atoms with Gasteiger partial charge in [0, 0.05) is 4.90 Å². The van der Waals surface area contributed by atoms with Gasteiger partial charge in [-0.3, -0.25) is 0 Å². The number of nitrogens with one attached hydrogen (secondary N) is 1. The molecular formula is C13H10N2O4S3. The predicted molar refractivity (Wildman–Crippen MR) is 82.4 cm³/mol. The normalized spacial score (nSPS) is 11.8. The lowest BCUT2D eigenvalue weighted by atomic mass is 10.2. The van der Waals surface area contributed by atoms with Crippen molar-refractivity contribution in [2.45, 2.75) is 14.7 Å². The first-order valence-electron chi connectivity index (χ1n) is 5.83. The summed E-state index contributed by atoms with van der Waals surface area (Å²) in [4.78, 5) is -0.517. The van der Waals surface area contributed by atoms with Crippen LogP contribution in [0, 0.1) is 11.3 Å². The number of hydrogen-bond donors (Lipinski definition) is 2. The minimum absolute atomic E-state index is 0.0187. The van der Waals surface area contributed by atoms with E-state index in [1.807, 2.05) is 6.07 Å². The van der Waals surface area contributed by atoms with E-state index in [4.69, 9.17) is 5.26 Å². The zero-order chi connectivity index (χ0) is 16.4. The number of nitrogens with zero attached hydrogens (tertiary/aromatic N) is 1. The highest BCUT2D eigenvalue weighted by molar-refractivity contribution is 8.04. The van der Waals surface area contributed by atoms with Gasteiger partial charge in [-0.1, -0.05) is 18.2 Å². The number of sulfonamides is 2. The van der Waals surface area contributed by atoms with Crippen LogP contribution in [0.3, 0.4) is 0 Å². The minimum Gasteiger partial charge on any atom is -0.206 e. The fourth-order valence-corrected chi connectivity index (χ4v) is 5.22. The molecule has 0 unspecified atom stereocenters. The molecule has 2 aromatic carbocycles. The Labute approximate surface area is 133 Å². The van der Waals surface area contributed by atoms with Gasteiger partial charge in [-0.2, -0.15) is 5.26 Å². The summed E-state index contributed by atoms with van der Waals surface area (Å²) in [6, 6.07) is 12.6. The van der Waals surface area contributed by atoms with Crippen molar-refractivity contribution < 1.29 is 16.8 Å². The van der Waals surface area contributed by atoms with Crippen LogP contribution >= 0.6 is 12.6 Å². The molecule has 9 heteroatoms. The van der Waals surface area contributed by atoms with E-state index in [1.54, 1.807) is 10.2 Å². The summed E-state index contributed by atoms with van der Waals surface area (Å²) in [5, 5.41) is 8.75. The summed E-state index contributed by atoms with van der Waals surface area (Å²) in [6.45, 7) is 0. The first-order chi connectivity index (χ1) is 10.3. The molecule has 0 amide bonds. The quantitative estimate of drug-likeness (QED) is 0.810. The lowest BCUT2D eigenvalue weighted by Gasteiger charge is -2.09. The molecule has 0 saturated heterocycles. The van der Waals surface area contributed by atoms with Gasteiger partial charge < -0.3 is 0 Å². The number of hydrogen-bond acceptors (Lipinski definition) is 6. The van der Waals surface area contributed by atoms with Gasteiger partial charge in [-0.15, -0.1) is 16.8 Å². The molecule has 0 aliphatic rings. The maximum Gasteiger partial charge on any atom is 0.254 e. The van der Waals surface area contributed by atoms with Gasteiger partial charge >= 0.3 is 0 Å². The van der Waals surface area contributed by atoms with Crippen LogP contribution in [-0.4, -0.2) is 16.8 Å². The van der Waals surface area contributed by atoms with Gasteiger partial charge in [-0.05, 0) is 30.3 Å².